The van der Waals surface area contributed by atoms with E-state index in [2.05, 4.69) is 0 Å². The van der Waals surface area contributed by atoms with E-state index in [4.69, 9.17) is 0 Å². The van der Waals surface area contributed by atoms with Crippen LogP contribution in [-0.4, -0.2) is 32.6 Å². The van der Waals surface area contributed by atoms with Crippen molar-refractivity contribution in [1.82, 2.24) is 4.31 Å². The molecule has 4 heteroatoms. The Morgan fingerprint density at radius 2 is 1.90 bits per heavy atom. The van der Waals surface area contributed by atoms with Crippen molar-refractivity contribution < 1.29 is 8.42 Å². The van der Waals surface area contributed by atoms with Crippen LogP contribution < -0.4 is 0 Å². The number of hydrogen-bond donors (Lipinski definition) is 0. The summed E-state index contributed by atoms with van der Waals surface area (Å²) in [4.78, 5) is 0. The zero-order valence-electron chi connectivity index (χ0n) is 6.37. The summed E-state index contributed by atoms with van der Waals surface area (Å²) in [5.74, 6) is 0.799. The van der Waals surface area contributed by atoms with E-state index in [-0.39, 0.29) is 0 Å². The first-order valence-electron chi connectivity index (χ1n) is 3.42. The predicted octanol–water partition coefficient (Wildman–Crippen LogP) is 0.288. The molecule has 0 saturated heterocycles. The Balaban J connectivity index is 2.50. The van der Waals surface area contributed by atoms with E-state index in [0.29, 0.717) is 11.7 Å². The minimum absolute atomic E-state index is 0.347. The number of sulfonamides is 1. The van der Waals surface area contributed by atoms with Crippen molar-refractivity contribution in [2.45, 2.75) is 12.8 Å². The van der Waals surface area contributed by atoms with Gasteiger partial charge >= 0.3 is 0 Å². The summed E-state index contributed by atoms with van der Waals surface area (Å²) in [7, 11) is 0.261. The van der Waals surface area contributed by atoms with Gasteiger partial charge in [0.05, 0.1) is 5.75 Å². The van der Waals surface area contributed by atoms with E-state index >= 15 is 0 Å². The van der Waals surface area contributed by atoms with Crippen molar-refractivity contribution >= 4 is 10.0 Å². The Labute approximate surface area is 62.1 Å². The van der Waals surface area contributed by atoms with Crippen molar-refractivity contribution in [3.63, 3.8) is 0 Å². The molecule has 0 spiro atoms. The maximum Gasteiger partial charge on any atom is 0.213 e. The van der Waals surface area contributed by atoms with Crippen molar-refractivity contribution in [3.8, 4) is 0 Å². The van der Waals surface area contributed by atoms with E-state index in [9.17, 15) is 8.42 Å². The van der Waals surface area contributed by atoms with Crippen molar-refractivity contribution in [1.29, 1.82) is 0 Å². The molecule has 0 aromatic heterocycles. The summed E-state index contributed by atoms with van der Waals surface area (Å²) < 4.78 is 23.5. The van der Waals surface area contributed by atoms with Gasteiger partial charge < -0.3 is 0 Å². The number of rotatable bonds is 3. The molecule has 1 aliphatic carbocycles. The molecule has 0 bridgehead atoms. The SMILES string of the molecule is CN(C)S(=O)(=O)CC1CC1. The molecular weight excluding hydrogens is 150 g/mol. The minimum Gasteiger partial charge on any atom is -0.212 e. The van der Waals surface area contributed by atoms with Crippen LogP contribution >= 0.6 is 0 Å². The molecule has 0 heterocycles. The molecule has 0 amide bonds. The van der Waals surface area contributed by atoms with E-state index in [1.54, 1.807) is 14.1 Å². The summed E-state index contributed by atoms with van der Waals surface area (Å²) >= 11 is 0. The fraction of sp³-hybridized carbons (Fsp3) is 1.00. The number of nitrogens with zero attached hydrogens (tertiary/aromatic N) is 1. The van der Waals surface area contributed by atoms with Crippen molar-refractivity contribution in [2.24, 2.45) is 5.92 Å². The van der Waals surface area contributed by atoms with Crippen LogP contribution in [0.3, 0.4) is 0 Å². The molecule has 10 heavy (non-hydrogen) atoms. The minimum atomic E-state index is -2.90. The second-order valence-electron chi connectivity index (χ2n) is 3.00. The van der Waals surface area contributed by atoms with E-state index in [1.165, 1.54) is 4.31 Å². The van der Waals surface area contributed by atoms with Crippen LogP contribution in [0.15, 0.2) is 0 Å². The first-order valence-corrected chi connectivity index (χ1v) is 5.03. The molecule has 1 aliphatic rings. The van der Waals surface area contributed by atoms with E-state index < -0.39 is 10.0 Å². The molecule has 1 saturated carbocycles. The van der Waals surface area contributed by atoms with Gasteiger partial charge in [0.2, 0.25) is 10.0 Å². The van der Waals surface area contributed by atoms with Gasteiger partial charge in [-0.15, -0.1) is 0 Å². The Morgan fingerprint density at radius 1 is 1.40 bits per heavy atom. The third kappa shape index (κ3) is 1.95. The van der Waals surface area contributed by atoms with Gasteiger partial charge in [0.25, 0.3) is 0 Å². The molecule has 0 radical (unpaired) electrons. The summed E-state index contributed by atoms with van der Waals surface area (Å²) in [5, 5.41) is 0. The molecule has 0 aromatic carbocycles. The van der Waals surface area contributed by atoms with E-state index in [1.807, 2.05) is 0 Å². The molecule has 0 atom stereocenters. The maximum absolute atomic E-state index is 11.1. The van der Waals surface area contributed by atoms with Gasteiger partial charge in [-0.3, -0.25) is 0 Å². The van der Waals surface area contributed by atoms with Gasteiger partial charge in [-0.05, 0) is 18.8 Å². The molecule has 0 unspecified atom stereocenters. The summed E-state index contributed by atoms with van der Waals surface area (Å²) in [6, 6.07) is 0. The third-order valence-corrected chi connectivity index (χ3v) is 3.70. The van der Waals surface area contributed by atoms with Crippen LogP contribution in [0.4, 0.5) is 0 Å². The monoisotopic (exact) mass is 163 g/mol. The Morgan fingerprint density at radius 3 is 2.20 bits per heavy atom. The highest BCUT2D eigenvalue weighted by Crippen LogP contribution is 2.30. The Bertz CT molecular complexity index is 204. The van der Waals surface area contributed by atoms with Crippen LogP contribution in [0.1, 0.15) is 12.8 Å². The molecule has 60 valence electrons. The lowest BCUT2D eigenvalue weighted by Gasteiger charge is -2.09. The predicted molar refractivity (Wildman–Crippen MR) is 40.2 cm³/mol. The van der Waals surface area contributed by atoms with Crippen LogP contribution in [0.5, 0.6) is 0 Å². The van der Waals surface area contributed by atoms with Crippen LogP contribution in [0, 0.1) is 5.92 Å². The van der Waals surface area contributed by atoms with Gasteiger partial charge in [0.1, 0.15) is 0 Å². The number of hydrogen-bond acceptors (Lipinski definition) is 2. The standard InChI is InChI=1S/C6H13NO2S/c1-7(2)10(8,9)5-6-3-4-6/h6H,3-5H2,1-2H3. The summed E-state index contributed by atoms with van der Waals surface area (Å²) in [6.07, 6.45) is 2.18. The second-order valence-corrected chi connectivity index (χ2v) is 5.23. The smallest absolute Gasteiger partial charge is 0.212 e. The zero-order chi connectivity index (χ0) is 7.78. The summed E-state index contributed by atoms with van der Waals surface area (Å²) in [6.45, 7) is 0. The lowest BCUT2D eigenvalue weighted by atomic mass is 10.5. The molecule has 0 N–H and O–H groups in total. The van der Waals surface area contributed by atoms with Crippen LogP contribution in [0.25, 0.3) is 0 Å². The van der Waals surface area contributed by atoms with Gasteiger partial charge in [0.15, 0.2) is 0 Å². The highest BCUT2D eigenvalue weighted by Gasteiger charge is 2.28. The van der Waals surface area contributed by atoms with Crippen molar-refractivity contribution in [2.75, 3.05) is 19.8 Å². The molecule has 0 aromatic rings. The lowest BCUT2D eigenvalue weighted by molar-refractivity contribution is 0.517. The second kappa shape index (κ2) is 2.51. The van der Waals surface area contributed by atoms with E-state index in [0.717, 1.165) is 12.8 Å². The van der Waals surface area contributed by atoms with Gasteiger partial charge in [-0.1, -0.05) is 0 Å². The lowest BCUT2D eigenvalue weighted by Crippen LogP contribution is -2.25. The topological polar surface area (TPSA) is 37.4 Å². The van der Waals surface area contributed by atoms with Gasteiger partial charge in [0, 0.05) is 14.1 Å². The fourth-order valence-corrected chi connectivity index (χ4v) is 1.96. The fourth-order valence-electron chi connectivity index (χ4n) is 0.731. The molecule has 1 fully saturated rings. The van der Waals surface area contributed by atoms with Crippen LogP contribution in [0.2, 0.25) is 0 Å². The normalized spacial score (nSPS) is 19.9. The average Bonchev–Trinajstić information content (AvgIpc) is 2.48. The van der Waals surface area contributed by atoms with Crippen LogP contribution in [-0.2, 0) is 10.0 Å². The highest BCUT2D eigenvalue weighted by molar-refractivity contribution is 7.89. The summed E-state index contributed by atoms with van der Waals surface area (Å²) in [5.41, 5.74) is 0. The molecule has 0 aliphatic heterocycles. The first kappa shape index (κ1) is 8.01. The third-order valence-electron chi connectivity index (χ3n) is 1.70. The Hall–Kier alpha value is -0.0900. The highest BCUT2D eigenvalue weighted by atomic mass is 32.2. The molecule has 3 nitrogen and oxygen atoms in total. The zero-order valence-corrected chi connectivity index (χ0v) is 7.19. The van der Waals surface area contributed by atoms with Gasteiger partial charge in [-0.2, -0.15) is 0 Å². The van der Waals surface area contributed by atoms with Crippen molar-refractivity contribution in [3.05, 3.63) is 0 Å². The largest absolute Gasteiger partial charge is 0.213 e. The average molecular weight is 163 g/mol. The maximum atomic E-state index is 11.1. The van der Waals surface area contributed by atoms with Gasteiger partial charge in [-0.25, -0.2) is 12.7 Å². The molecular formula is C6H13NO2S. The first-order chi connectivity index (χ1) is 4.52. The molecule has 1 rings (SSSR count). The Kier molecular flexibility index (Phi) is 2.01. The quantitative estimate of drug-likeness (QED) is 0.599.